The Hall–Kier alpha value is -1.04. The highest BCUT2D eigenvalue weighted by Crippen LogP contribution is 2.36. The van der Waals surface area contributed by atoms with Crippen LogP contribution in [0, 0.1) is 11.8 Å². The van der Waals surface area contributed by atoms with E-state index in [-0.39, 0.29) is 5.91 Å². The topological polar surface area (TPSA) is 35.6 Å². The molecule has 0 aliphatic carbocycles. The molecule has 136 valence electrons. The van der Waals surface area contributed by atoms with Gasteiger partial charge < -0.3 is 10.2 Å². The summed E-state index contributed by atoms with van der Waals surface area (Å²) in [7, 11) is 0. The molecule has 2 bridgehead atoms. The van der Waals surface area contributed by atoms with E-state index in [1.165, 1.54) is 57.1 Å². The molecule has 4 aliphatic heterocycles. The zero-order valence-electron chi connectivity index (χ0n) is 14.9. The fraction of sp³-hybridized carbons (Fsp3) is 0.650. The number of carbonyl (C=O) groups excluding carboxylic acids is 1. The average molecular weight is 360 g/mol. The SMILES string of the molecule is O=C(NCC1CC2CCN1CC2CN1CCSCC1)c1ccccc1. The molecule has 4 nitrogen and oxygen atoms in total. The Balaban J connectivity index is 1.27. The van der Waals surface area contributed by atoms with Gasteiger partial charge in [-0.25, -0.2) is 0 Å². The van der Waals surface area contributed by atoms with Gasteiger partial charge in [0.15, 0.2) is 0 Å². The summed E-state index contributed by atoms with van der Waals surface area (Å²) in [6.07, 6.45) is 2.60. The van der Waals surface area contributed by atoms with Crippen LogP contribution in [0.2, 0.25) is 0 Å². The van der Waals surface area contributed by atoms with E-state index < -0.39 is 0 Å². The molecule has 4 aliphatic rings. The van der Waals surface area contributed by atoms with Crippen molar-refractivity contribution in [3.05, 3.63) is 35.9 Å². The van der Waals surface area contributed by atoms with Crippen molar-refractivity contribution < 1.29 is 4.79 Å². The second-order valence-electron chi connectivity index (χ2n) is 7.68. The van der Waals surface area contributed by atoms with Gasteiger partial charge in [-0.1, -0.05) is 18.2 Å². The van der Waals surface area contributed by atoms with Crippen molar-refractivity contribution >= 4 is 17.7 Å². The van der Waals surface area contributed by atoms with Gasteiger partial charge in [-0.15, -0.1) is 0 Å². The molecule has 4 atom stereocenters. The van der Waals surface area contributed by atoms with Crippen molar-refractivity contribution in [1.82, 2.24) is 15.1 Å². The van der Waals surface area contributed by atoms with E-state index in [4.69, 9.17) is 0 Å². The molecule has 1 N–H and O–H groups in total. The first-order valence-electron chi connectivity index (χ1n) is 9.67. The van der Waals surface area contributed by atoms with Crippen molar-refractivity contribution in [1.29, 1.82) is 0 Å². The third-order valence-electron chi connectivity index (χ3n) is 6.14. The molecule has 0 radical (unpaired) electrons. The average Bonchev–Trinajstić information content (AvgIpc) is 2.68. The quantitative estimate of drug-likeness (QED) is 0.874. The number of hydrogen-bond donors (Lipinski definition) is 1. The highest BCUT2D eigenvalue weighted by atomic mass is 32.2. The van der Waals surface area contributed by atoms with Crippen LogP contribution in [0.3, 0.4) is 0 Å². The number of fused-ring (bicyclic) bond motifs is 3. The van der Waals surface area contributed by atoms with E-state index in [1.807, 2.05) is 30.3 Å². The molecule has 0 spiro atoms. The lowest BCUT2D eigenvalue weighted by Crippen LogP contribution is -2.58. The highest BCUT2D eigenvalue weighted by molar-refractivity contribution is 7.99. The van der Waals surface area contributed by atoms with Crippen LogP contribution in [0.25, 0.3) is 0 Å². The maximum atomic E-state index is 12.3. The molecule has 1 aromatic rings. The number of piperidine rings is 3. The second-order valence-corrected chi connectivity index (χ2v) is 8.91. The van der Waals surface area contributed by atoms with Gasteiger partial charge in [0.05, 0.1) is 0 Å². The fourth-order valence-corrected chi connectivity index (χ4v) is 5.66. The fourth-order valence-electron chi connectivity index (χ4n) is 4.69. The minimum atomic E-state index is 0.0608. The Kier molecular flexibility index (Phi) is 5.63. The van der Waals surface area contributed by atoms with Crippen LogP contribution in [-0.2, 0) is 0 Å². The number of hydrogen-bond acceptors (Lipinski definition) is 4. The van der Waals surface area contributed by atoms with Gasteiger partial charge in [0.2, 0.25) is 0 Å². The zero-order chi connectivity index (χ0) is 17.1. The number of rotatable bonds is 5. The Morgan fingerprint density at radius 1 is 1.16 bits per heavy atom. The first-order chi connectivity index (χ1) is 12.3. The number of benzene rings is 1. The lowest BCUT2D eigenvalue weighted by atomic mass is 9.75. The Bertz CT molecular complexity index is 576. The molecular formula is C20H29N3OS. The molecule has 0 saturated carbocycles. The summed E-state index contributed by atoms with van der Waals surface area (Å²) in [5, 5.41) is 3.16. The largest absolute Gasteiger partial charge is 0.350 e. The maximum Gasteiger partial charge on any atom is 0.251 e. The van der Waals surface area contributed by atoms with Gasteiger partial charge in [-0.2, -0.15) is 11.8 Å². The molecule has 0 aromatic heterocycles. The molecule has 1 amide bonds. The Morgan fingerprint density at radius 3 is 2.68 bits per heavy atom. The summed E-state index contributed by atoms with van der Waals surface area (Å²) in [6, 6.07) is 10.1. The summed E-state index contributed by atoms with van der Waals surface area (Å²) in [5.74, 6) is 4.34. The number of carbonyl (C=O) groups is 1. The molecule has 4 fully saturated rings. The van der Waals surface area contributed by atoms with Gasteiger partial charge in [-0.3, -0.25) is 9.69 Å². The minimum absolute atomic E-state index is 0.0608. The second kappa shape index (κ2) is 8.11. The van der Waals surface area contributed by atoms with Crippen molar-refractivity contribution in [3.8, 4) is 0 Å². The van der Waals surface area contributed by atoms with E-state index in [9.17, 15) is 4.79 Å². The zero-order valence-corrected chi connectivity index (χ0v) is 15.7. The van der Waals surface area contributed by atoms with Crippen LogP contribution in [0.1, 0.15) is 23.2 Å². The molecule has 1 aromatic carbocycles. The predicted molar refractivity (Wildman–Crippen MR) is 104 cm³/mol. The molecular weight excluding hydrogens is 330 g/mol. The summed E-state index contributed by atoms with van der Waals surface area (Å²) >= 11 is 2.09. The van der Waals surface area contributed by atoms with Gasteiger partial charge in [-0.05, 0) is 43.4 Å². The highest BCUT2D eigenvalue weighted by Gasteiger charge is 2.40. The molecule has 4 heterocycles. The van der Waals surface area contributed by atoms with Crippen molar-refractivity contribution in [2.75, 3.05) is 50.8 Å². The van der Waals surface area contributed by atoms with E-state index in [2.05, 4.69) is 26.9 Å². The lowest BCUT2D eigenvalue weighted by molar-refractivity contribution is -0.0104. The van der Waals surface area contributed by atoms with Crippen molar-refractivity contribution in [2.45, 2.75) is 18.9 Å². The number of nitrogens with zero attached hydrogens (tertiary/aromatic N) is 2. The van der Waals surface area contributed by atoms with E-state index in [0.29, 0.717) is 6.04 Å². The van der Waals surface area contributed by atoms with Gasteiger partial charge in [0, 0.05) is 55.8 Å². The van der Waals surface area contributed by atoms with E-state index in [1.54, 1.807) is 0 Å². The van der Waals surface area contributed by atoms with Crippen LogP contribution in [0.4, 0.5) is 0 Å². The third-order valence-corrected chi connectivity index (χ3v) is 7.09. The molecule has 4 saturated heterocycles. The number of nitrogens with one attached hydrogen (secondary N) is 1. The lowest BCUT2D eigenvalue weighted by Gasteiger charge is -2.51. The standard InChI is InChI=1S/C20H29N3OS/c24-20(16-4-2-1-3-5-16)21-13-19-12-17-6-7-23(19)15-18(17)14-22-8-10-25-11-9-22/h1-5,17-19H,6-15H2,(H,21,24). The summed E-state index contributed by atoms with van der Waals surface area (Å²) in [6.45, 7) is 7.04. The maximum absolute atomic E-state index is 12.3. The van der Waals surface area contributed by atoms with Crippen LogP contribution >= 0.6 is 11.8 Å². The first-order valence-corrected chi connectivity index (χ1v) is 10.8. The summed E-state index contributed by atoms with van der Waals surface area (Å²) < 4.78 is 0. The van der Waals surface area contributed by atoms with Gasteiger partial charge >= 0.3 is 0 Å². The predicted octanol–water partition coefficient (Wildman–Crippen LogP) is 2.18. The van der Waals surface area contributed by atoms with Crippen molar-refractivity contribution in [2.24, 2.45) is 11.8 Å². The van der Waals surface area contributed by atoms with E-state index in [0.717, 1.165) is 23.9 Å². The number of amides is 1. The number of thioether (sulfide) groups is 1. The normalized spacial score (nSPS) is 32.5. The van der Waals surface area contributed by atoms with Crippen molar-refractivity contribution in [3.63, 3.8) is 0 Å². The van der Waals surface area contributed by atoms with Crippen LogP contribution in [0.15, 0.2) is 30.3 Å². The molecule has 25 heavy (non-hydrogen) atoms. The summed E-state index contributed by atoms with van der Waals surface area (Å²) in [4.78, 5) is 17.6. The third kappa shape index (κ3) is 4.21. The van der Waals surface area contributed by atoms with Crippen LogP contribution < -0.4 is 5.32 Å². The van der Waals surface area contributed by atoms with Gasteiger partial charge in [0.1, 0.15) is 0 Å². The Morgan fingerprint density at radius 2 is 1.96 bits per heavy atom. The van der Waals surface area contributed by atoms with E-state index >= 15 is 0 Å². The molecule has 4 unspecified atom stereocenters. The minimum Gasteiger partial charge on any atom is -0.350 e. The molecule has 5 rings (SSSR count). The molecule has 5 heteroatoms. The van der Waals surface area contributed by atoms with Crippen LogP contribution in [-0.4, -0.2) is 72.5 Å². The van der Waals surface area contributed by atoms with Gasteiger partial charge in [0.25, 0.3) is 5.91 Å². The first kappa shape index (κ1) is 17.4. The monoisotopic (exact) mass is 359 g/mol. The Labute approximate surface area is 155 Å². The smallest absolute Gasteiger partial charge is 0.251 e. The van der Waals surface area contributed by atoms with Crippen LogP contribution in [0.5, 0.6) is 0 Å². The summed E-state index contributed by atoms with van der Waals surface area (Å²) in [5.41, 5.74) is 0.763.